The molecule has 0 aromatic carbocycles. The van der Waals surface area contributed by atoms with E-state index in [4.69, 9.17) is 0 Å². The first-order valence-electron chi connectivity index (χ1n) is 8.45. The lowest BCUT2D eigenvalue weighted by Crippen LogP contribution is -2.45. The molecule has 0 aliphatic carbocycles. The Kier molecular flexibility index (Phi) is 5.00. The summed E-state index contributed by atoms with van der Waals surface area (Å²) in [6.45, 7) is 0.894. The maximum atomic E-state index is 12.5. The van der Waals surface area contributed by atoms with Gasteiger partial charge >= 0.3 is 0 Å². The van der Waals surface area contributed by atoms with Gasteiger partial charge in [0.15, 0.2) is 5.65 Å². The number of nitrogens with zero attached hydrogens (tertiary/aromatic N) is 6. The average Bonchev–Trinajstić information content (AvgIpc) is 3.04. The lowest BCUT2D eigenvalue weighted by molar-refractivity contribution is 0.0829. The Balaban J connectivity index is 1.97. The Morgan fingerprint density at radius 3 is 2.65 bits per heavy atom. The number of amides is 1. The summed E-state index contributed by atoms with van der Waals surface area (Å²) in [6, 6.07) is 1.85. The molecule has 0 radical (unpaired) electrons. The minimum atomic E-state index is -3.45. The molecule has 26 heavy (non-hydrogen) atoms. The molecule has 1 aliphatic heterocycles. The van der Waals surface area contributed by atoms with Crippen LogP contribution in [-0.4, -0.2) is 83.7 Å². The summed E-state index contributed by atoms with van der Waals surface area (Å²) in [4.78, 5) is 18.1. The fourth-order valence-electron chi connectivity index (χ4n) is 3.24. The fraction of sp³-hybridized carbons (Fsp3) is 0.562. The standard InChI is InChI=1S/C16H24N6O3S/c1-19(2)16(23)13-10-18-22-14(7-8-17-15(13)22)12-6-5-9-21(11-12)26(24,25)20(3)4/h7-8,10,12H,5-6,9,11H2,1-4H3/t12-/m1/s1. The molecular formula is C16H24N6O3S. The summed E-state index contributed by atoms with van der Waals surface area (Å²) < 4.78 is 29.3. The SMILES string of the molecule is CN(C)C(=O)c1cnn2c([C@@H]3CCCN(S(=O)(=O)N(C)C)C3)ccnc12. The van der Waals surface area contributed by atoms with Crippen LogP contribution in [0.3, 0.4) is 0 Å². The van der Waals surface area contributed by atoms with Crippen LogP contribution in [0.15, 0.2) is 18.5 Å². The number of rotatable bonds is 4. The molecule has 3 heterocycles. The van der Waals surface area contributed by atoms with E-state index in [2.05, 4.69) is 10.1 Å². The van der Waals surface area contributed by atoms with Gasteiger partial charge in [-0.2, -0.15) is 22.1 Å². The summed E-state index contributed by atoms with van der Waals surface area (Å²) in [5.41, 5.74) is 1.80. The number of carbonyl (C=O) groups is 1. The van der Waals surface area contributed by atoms with E-state index < -0.39 is 10.2 Å². The Morgan fingerprint density at radius 2 is 2.00 bits per heavy atom. The number of piperidine rings is 1. The van der Waals surface area contributed by atoms with Gasteiger partial charge in [0.1, 0.15) is 5.56 Å². The highest BCUT2D eigenvalue weighted by Gasteiger charge is 2.32. The minimum Gasteiger partial charge on any atom is -0.345 e. The molecule has 0 N–H and O–H groups in total. The monoisotopic (exact) mass is 380 g/mol. The normalized spacial score (nSPS) is 19.2. The molecule has 0 unspecified atom stereocenters. The molecule has 0 spiro atoms. The highest BCUT2D eigenvalue weighted by molar-refractivity contribution is 7.86. The van der Waals surface area contributed by atoms with Crippen LogP contribution >= 0.6 is 0 Å². The zero-order valence-corrected chi connectivity index (χ0v) is 16.3. The summed E-state index contributed by atoms with van der Waals surface area (Å²) in [6.07, 6.45) is 4.80. The van der Waals surface area contributed by atoms with Crippen LogP contribution in [0.1, 0.15) is 34.8 Å². The summed E-state index contributed by atoms with van der Waals surface area (Å²) in [5, 5.41) is 4.35. The molecule has 1 fully saturated rings. The van der Waals surface area contributed by atoms with Gasteiger partial charge in [-0.25, -0.2) is 9.50 Å². The predicted octanol–water partition coefficient (Wildman–Crippen LogP) is 0.417. The number of fused-ring (bicyclic) bond motifs is 1. The molecule has 142 valence electrons. The van der Waals surface area contributed by atoms with E-state index in [1.807, 2.05) is 6.07 Å². The number of hydrogen-bond acceptors (Lipinski definition) is 5. The highest BCUT2D eigenvalue weighted by Crippen LogP contribution is 2.29. The second-order valence-corrected chi connectivity index (χ2v) is 8.99. The van der Waals surface area contributed by atoms with Crippen LogP contribution in [0.25, 0.3) is 5.65 Å². The molecule has 1 atom stereocenters. The molecule has 10 heteroatoms. The largest absolute Gasteiger partial charge is 0.345 e. The zero-order chi connectivity index (χ0) is 19.1. The number of hydrogen-bond donors (Lipinski definition) is 0. The Morgan fingerprint density at radius 1 is 1.27 bits per heavy atom. The number of aromatic nitrogens is 3. The van der Waals surface area contributed by atoms with Crippen LogP contribution in [0.2, 0.25) is 0 Å². The van der Waals surface area contributed by atoms with Crippen molar-refractivity contribution in [3.63, 3.8) is 0 Å². The summed E-state index contributed by atoms with van der Waals surface area (Å²) in [7, 11) is 2.99. The van der Waals surface area contributed by atoms with E-state index in [1.165, 1.54) is 33.8 Å². The number of carbonyl (C=O) groups excluding carboxylic acids is 1. The van der Waals surface area contributed by atoms with Crippen molar-refractivity contribution in [1.82, 2.24) is 28.1 Å². The third-order valence-corrected chi connectivity index (χ3v) is 6.56. The summed E-state index contributed by atoms with van der Waals surface area (Å²) in [5.74, 6) is -0.170. The van der Waals surface area contributed by atoms with Gasteiger partial charge in [-0.1, -0.05) is 0 Å². The van der Waals surface area contributed by atoms with Gasteiger partial charge in [0.05, 0.1) is 11.9 Å². The topological polar surface area (TPSA) is 91.1 Å². The molecule has 9 nitrogen and oxygen atoms in total. The smallest absolute Gasteiger partial charge is 0.281 e. The van der Waals surface area contributed by atoms with Gasteiger partial charge in [-0.05, 0) is 18.9 Å². The van der Waals surface area contributed by atoms with Crippen molar-refractivity contribution in [3.05, 3.63) is 29.7 Å². The van der Waals surface area contributed by atoms with Crippen LogP contribution in [0.4, 0.5) is 0 Å². The van der Waals surface area contributed by atoms with Crippen LogP contribution in [-0.2, 0) is 10.2 Å². The lowest BCUT2D eigenvalue weighted by Gasteiger charge is -2.33. The van der Waals surface area contributed by atoms with Gasteiger partial charge in [0.25, 0.3) is 16.1 Å². The maximum Gasteiger partial charge on any atom is 0.281 e. The first-order valence-corrected chi connectivity index (χ1v) is 9.85. The van der Waals surface area contributed by atoms with E-state index in [1.54, 1.807) is 24.8 Å². The van der Waals surface area contributed by atoms with Crippen molar-refractivity contribution in [1.29, 1.82) is 0 Å². The van der Waals surface area contributed by atoms with E-state index in [0.717, 1.165) is 18.5 Å². The third-order valence-electron chi connectivity index (χ3n) is 4.66. The fourth-order valence-corrected chi connectivity index (χ4v) is 4.43. The van der Waals surface area contributed by atoms with Crippen LogP contribution in [0.5, 0.6) is 0 Å². The molecule has 1 aliphatic rings. The lowest BCUT2D eigenvalue weighted by atomic mass is 9.96. The molecule has 0 bridgehead atoms. The van der Waals surface area contributed by atoms with Crippen molar-refractivity contribution in [2.45, 2.75) is 18.8 Å². The van der Waals surface area contributed by atoms with Crippen molar-refractivity contribution in [2.75, 3.05) is 41.3 Å². The van der Waals surface area contributed by atoms with E-state index in [0.29, 0.717) is 24.3 Å². The van der Waals surface area contributed by atoms with Gasteiger partial charge in [0.2, 0.25) is 0 Å². The van der Waals surface area contributed by atoms with Gasteiger partial charge in [0, 0.05) is 53.4 Å². The van der Waals surface area contributed by atoms with E-state index >= 15 is 0 Å². The molecule has 2 aromatic heterocycles. The molecular weight excluding hydrogens is 356 g/mol. The molecule has 1 amide bonds. The second-order valence-electron chi connectivity index (χ2n) is 6.85. The van der Waals surface area contributed by atoms with E-state index in [-0.39, 0.29) is 11.8 Å². The molecule has 1 saturated heterocycles. The maximum absolute atomic E-state index is 12.5. The molecule has 2 aromatic rings. The third kappa shape index (κ3) is 3.19. The van der Waals surface area contributed by atoms with Crippen LogP contribution < -0.4 is 0 Å². The van der Waals surface area contributed by atoms with Crippen molar-refractivity contribution < 1.29 is 13.2 Å². The van der Waals surface area contributed by atoms with E-state index in [9.17, 15) is 13.2 Å². The van der Waals surface area contributed by atoms with Crippen molar-refractivity contribution in [2.24, 2.45) is 0 Å². The minimum absolute atomic E-state index is 0.00816. The second kappa shape index (κ2) is 6.93. The van der Waals surface area contributed by atoms with Gasteiger partial charge in [-0.15, -0.1) is 0 Å². The van der Waals surface area contributed by atoms with Gasteiger partial charge in [-0.3, -0.25) is 4.79 Å². The Bertz CT molecular complexity index is 921. The highest BCUT2D eigenvalue weighted by atomic mass is 32.2. The Labute approximate surface area is 153 Å². The molecule has 0 saturated carbocycles. The quantitative estimate of drug-likeness (QED) is 0.767. The van der Waals surface area contributed by atoms with Crippen molar-refractivity contribution >= 4 is 21.8 Å². The summed E-state index contributed by atoms with van der Waals surface area (Å²) >= 11 is 0. The predicted molar refractivity (Wildman–Crippen MR) is 97.2 cm³/mol. The first kappa shape index (κ1) is 18.7. The molecule has 3 rings (SSSR count). The zero-order valence-electron chi connectivity index (χ0n) is 15.5. The van der Waals surface area contributed by atoms with Crippen LogP contribution in [0, 0.1) is 0 Å². The van der Waals surface area contributed by atoms with Gasteiger partial charge < -0.3 is 4.90 Å². The first-order chi connectivity index (χ1) is 12.2. The Hall–Kier alpha value is -2.04. The average molecular weight is 380 g/mol. The van der Waals surface area contributed by atoms with Crippen molar-refractivity contribution in [3.8, 4) is 0 Å².